The number of halogens is 5. The van der Waals surface area contributed by atoms with Crippen LogP contribution in [0.4, 0.5) is 11.4 Å². The third-order valence-corrected chi connectivity index (χ3v) is 8.94. The van der Waals surface area contributed by atoms with Gasteiger partial charge in [0.2, 0.25) is 5.91 Å². The number of amides is 1. The average molecular weight is 659 g/mol. The fourth-order valence-electron chi connectivity index (χ4n) is 4.89. The molecule has 1 aliphatic carbocycles. The number of alkyl halides is 2. The summed E-state index contributed by atoms with van der Waals surface area (Å²) in [5.74, 6) is -1.80. The molecule has 0 aliphatic heterocycles. The number of nitrogens with one attached hydrogen (secondary N) is 1. The van der Waals surface area contributed by atoms with Gasteiger partial charge in [-0.05, 0) is 84.6 Å². The summed E-state index contributed by atoms with van der Waals surface area (Å²) in [6.07, 6.45) is 1.95. The summed E-state index contributed by atoms with van der Waals surface area (Å²) < 4.78 is -1.32. The molecule has 1 N–H and O–H groups in total. The number of hydrogen-bond donors (Lipinski definition) is 1. The Morgan fingerprint density at radius 2 is 1.57 bits per heavy atom. The first-order chi connectivity index (χ1) is 19.9. The summed E-state index contributed by atoms with van der Waals surface area (Å²) in [5, 5.41) is 3.96. The van der Waals surface area contributed by atoms with E-state index in [9.17, 15) is 9.59 Å². The van der Waals surface area contributed by atoms with E-state index in [0.29, 0.717) is 26.9 Å². The van der Waals surface area contributed by atoms with Crippen molar-refractivity contribution in [3.05, 3.63) is 127 Å². The van der Waals surface area contributed by atoms with Crippen LogP contribution < -0.4 is 5.32 Å². The molecule has 0 aromatic heterocycles. The number of carbonyl (C=O) groups excluding carboxylic acids is 2. The molecule has 0 heterocycles. The number of anilines is 1. The Labute approximate surface area is 269 Å². The lowest BCUT2D eigenvalue weighted by atomic mass is 9.98. The first kappa shape index (κ1) is 30.6. The van der Waals surface area contributed by atoms with Gasteiger partial charge in [-0.15, -0.1) is 23.2 Å². The van der Waals surface area contributed by atoms with E-state index in [2.05, 4.69) is 10.3 Å². The Hall–Kier alpha value is -2.86. The van der Waals surface area contributed by atoms with Gasteiger partial charge in [-0.2, -0.15) is 0 Å². The molecule has 1 amide bonds. The van der Waals surface area contributed by atoms with Crippen molar-refractivity contribution < 1.29 is 9.59 Å². The molecule has 2 atom stereocenters. The predicted molar refractivity (Wildman–Crippen MR) is 175 cm³/mol. The van der Waals surface area contributed by atoms with Crippen LogP contribution in [0.1, 0.15) is 44.1 Å². The van der Waals surface area contributed by atoms with Crippen molar-refractivity contribution in [1.82, 2.24) is 0 Å². The number of Topliss-reactive ketones (excluding diaryl/α,β-unsaturated/α-hetero) is 1. The van der Waals surface area contributed by atoms with Crippen molar-refractivity contribution in [2.24, 2.45) is 10.9 Å². The zero-order chi connectivity index (χ0) is 30.2. The topological polar surface area (TPSA) is 58.5 Å². The van der Waals surface area contributed by atoms with E-state index in [-0.39, 0.29) is 23.1 Å². The number of rotatable bonds is 8. The minimum absolute atomic E-state index is 0.137. The maximum absolute atomic E-state index is 13.3. The molecular formula is C33H25Cl5N2O2. The minimum atomic E-state index is -1.32. The first-order valence-corrected chi connectivity index (χ1v) is 15.0. The zero-order valence-electron chi connectivity index (χ0n) is 22.6. The van der Waals surface area contributed by atoms with Crippen molar-refractivity contribution in [3.8, 4) is 0 Å². The van der Waals surface area contributed by atoms with Gasteiger partial charge in [0.25, 0.3) is 0 Å². The van der Waals surface area contributed by atoms with E-state index in [0.717, 1.165) is 22.4 Å². The highest BCUT2D eigenvalue weighted by Crippen LogP contribution is 2.65. The van der Waals surface area contributed by atoms with Gasteiger partial charge < -0.3 is 5.32 Å². The van der Waals surface area contributed by atoms with Crippen LogP contribution in [-0.2, 0) is 11.2 Å². The summed E-state index contributed by atoms with van der Waals surface area (Å²) in [6.45, 7) is 3.98. The standard InChI is InChI=1S/C33H25Cl5N2O2/c1-18-3-5-20(6-4-18)17-39-25-8-7-21(19(2)11-25)14-29(41)27-16-26(9-10-28(27)36)40-32(42)31-30(33(31,37)38)22-12-23(34)15-24(35)13-22/h3-13,15-17,30-31H,14H2,1-2H3,(H,40,42). The molecule has 0 saturated heterocycles. The molecule has 0 spiro atoms. The van der Waals surface area contributed by atoms with E-state index in [1.54, 1.807) is 36.4 Å². The van der Waals surface area contributed by atoms with E-state index in [4.69, 9.17) is 58.0 Å². The monoisotopic (exact) mass is 656 g/mol. The maximum atomic E-state index is 13.3. The van der Waals surface area contributed by atoms with E-state index >= 15 is 0 Å². The Bertz CT molecular complexity index is 1700. The molecule has 9 heteroatoms. The van der Waals surface area contributed by atoms with Crippen molar-refractivity contribution in [2.75, 3.05) is 5.32 Å². The van der Waals surface area contributed by atoms with Crippen LogP contribution in [0.2, 0.25) is 15.1 Å². The fraction of sp³-hybridized carbons (Fsp3) is 0.182. The first-order valence-electron chi connectivity index (χ1n) is 13.1. The molecular weight excluding hydrogens is 634 g/mol. The number of aliphatic imine (C=N–C) groups is 1. The van der Waals surface area contributed by atoms with Crippen LogP contribution in [0.25, 0.3) is 0 Å². The molecule has 214 valence electrons. The molecule has 1 saturated carbocycles. The molecule has 4 nitrogen and oxygen atoms in total. The van der Waals surface area contributed by atoms with E-state index in [1.807, 2.05) is 62.5 Å². The number of hydrogen-bond acceptors (Lipinski definition) is 3. The van der Waals surface area contributed by atoms with Crippen LogP contribution in [0.3, 0.4) is 0 Å². The lowest BCUT2D eigenvalue weighted by molar-refractivity contribution is -0.117. The number of benzene rings is 4. The van der Waals surface area contributed by atoms with Gasteiger partial charge in [-0.1, -0.05) is 70.7 Å². The molecule has 42 heavy (non-hydrogen) atoms. The predicted octanol–water partition coefficient (Wildman–Crippen LogP) is 9.97. The molecule has 4 aromatic carbocycles. The molecule has 0 radical (unpaired) electrons. The van der Waals surface area contributed by atoms with Crippen molar-refractivity contribution in [2.45, 2.75) is 30.5 Å². The van der Waals surface area contributed by atoms with Crippen LogP contribution in [0, 0.1) is 19.8 Å². The van der Waals surface area contributed by atoms with Crippen molar-refractivity contribution in [3.63, 3.8) is 0 Å². The highest BCUT2D eigenvalue weighted by molar-refractivity contribution is 6.53. The molecule has 5 rings (SSSR count). The highest BCUT2D eigenvalue weighted by Gasteiger charge is 2.67. The molecule has 4 aromatic rings. The number of ketones is 1. The Morgan fingerprint density at radius 3 is 2.24 bits per heavy atom. The SMILES string of the molecule is Cc1ccc(C=Nc2ccc(CC(=O)c3cc(NC(=O)C4C(c5cc(Cl)cc(Cl)c5)C4(Cl)Cl)ccc3Cl)c(C)c2)cc1. The third kappa shape index (κ3) is 6.85. The quantitative estimate of drug-likeness (QED) is 0.116. The second-order valence-electron chi connectivity index (χ2n) is 10.4. The van der Waals surface area contributed by atoms with Crippen LogP contribution in [-0.4, -0.2) is 22.2 Å². The van der Waals surface area contributed by atoms with Crippen LogP contribution in [0.15, 0.2) is 83.9 Å². The van der Waals surface area contributed by atoms with Crippen LogP contribution >= 0.6 is 58.0 Å². The summed E-state index contributed by atoms with van der Waals surface area (Å²) in [5.41, 5.74) is 6.16. The normalized spacial score (nSPS) is 17.3. The van der Waals surface area contributed by atoms with Crippen molar-refractivity contribution >= 4 is 87.3 Å². The zero-order valence-corrected chi connectivity index (χ0v) is 26.4. The van der Waals surface area contributed by atoms with E-state index in [1.165, 1.54) is 5.56 Å². The minimum Gasteiger partial charge on any atom is -0.326 e. The number of aryl methyl sites for hydroxylation is 2. The summed E-state index contributed by atoms with van der Waals surface area (Å²) >= 11 is 31.6. The van der Waals surface area contributed by atoms with E-state index < -0.39 is 16.2 Å². The van der Waals surface area contributed by atoms with Gasteiger partial charge in [0, 0.05) is 39.8 Å². The summed E-state index contributed by atoms with van der Waals surface area (Å²) in [7, 11) is 0. The average Bonchev–Trinajstić information content (AvgIpc) is 3.52. The molecule has 1 aliphatic rings. The lowest BCUT2D eigenvalue weighted by Gasteiger charge is -2.11. The van der Waals surface area contributed by atoms with Gasteiger partial charge in [0.1, 0.15) is 4.33 Å². The Balaban J connectivity index is 1.27. The maximum Gasteiger partial charge on any atom is 0.231 e. The smallest absolute Gasteiger partial charge is 0.231 e. The molecule has 1 fully saturated rings. The largest absolute Gasteiger partial charge is 0.326 e. The van der Waals surface area contributed by atoms with Gasteiger partial charge in [-0.3, -0.25) is 14.6 Å². The van der Waals surface area contributed by atoms with Gasteiger partial charge in [0.15, 0.2) is 5.78 Å². The lowest BCUT2D eigenvalue weighted by Crippen LogP contribution is -2.17. The Morgan fingerprint density at radius 1 is 0.881 bits per heavy atom. The Kier molecular flexibility index (Phi) is 9.03. The second kappa shape index (κ2) is 12.4. The summed E-state index contributed by atoms with van der Waals surface area (Å²) in [6, 6.07) is 23.6. The van der Waals surface area contributed by atoms with Crippen LogP contribution in [0.5, 0.6) is 0 Å². The number of carbonyl (C=O) groups is 2. The van der Waals surface area contributed by atoms with Crippen molar-refractivity contribution in [1.29, 1.82) is 0 Å². The summed E-state index contributed by atoms with van der Waals surface area (Å²) in [4.78, 5) is 31.0. The van der Waals surface area contributed by atoms with Gasteiger partial charge >= 0.3 is 0 Å². The number of nitrogens with zero attached hydrogens (tertiary/aromatic N) is 1. The third-order valence-electron chi connectivity index (χ3n) is 7.23. The second-order valence-corrected chi connectivity index (χ2v) is 13.1. The highest BCUT2D eigenvalue weighted by atomic mass is 35.5. The molecule has 0 bridgehead atoms. The fourth-order valence-corrected chi connectivity index (χ4v) is 6.48. The van der Waals surface area contributed by atoms with Gasteiger partial charge in [-0.25, -0.2) is 0 Å². The molecule has 2 unspecified atom stereocenters. The van der Waals surface area contributed by atoms with Gasteiger partial charge in [0.05, 0.1) is 16.6 Å².